The van der Waals surface area contributed by atoms with Crippen molar-refractivity contribution in [2.45, 2.75) is 13.5 Å². The highest BCUT2D eigenvalue weighted by Gasteiger charge is 2.14. The molecule has 25 heavy (non-hydrogen) atoms. The Labute approximate surface area is 150 Å². The SMILES string of the molecule is CC(=O)c1cccc(NC(=O)C[NH+](C)Cc2nc3ccccc3s2)c1. The number of carbonyl (C=O) groups excluding carboxylic acids is 2. The molecule has 2 aromatic carbocycles. The molecule has 3 rings (SSSR count). The fourth-order valence-electron chi connectivity index (χ4n) is 2.61. The van der Waals surface area contributed by atoms with Crippen LogP contribution in [0.1, 0.15) is 22.3 Å². The minimum absolute atomic E-state index is 0.0188. The van der Waals surface area contributed by atoms with Crippen LogP contribution in [-0.2, 0) is 11.3 Å². The van der Waals surface area contributed by atoms with Crippen molar-refractivity contribution in [3.8, 4) is 0 Å². The van der Waals surface area contributed by atoms with Crippen LogP contribution in [0, 0.1) is 0 Å². The van der Waals surface area contributed by atoms with Gasteiger partial charge in [0.15, 0.2) is 12.3 Å². The first-order valence-corrected chi connectivity index (χ1v) is 8.89. The Hall–Kier alpha value is -2.57. The number of Topliss-reactive ketones (excluding diaryl/α,β-unsaturated/α-hetero) is 1. The molecule has 1 heterocycles. The number of anilines is 1. The first-order valence-electron chi connectivity index (χ1n) is 8.08. The molecular formula is C19H20N3O2S+. The van der Waals surface area contributed by atoms with Gasteiger partial charge in [0.05, 0.1) is 17.3 Å². The van der Waals surface area contributed by atoms with Gasteiger partial charge in [0.1, 0.15) is 11.6 Å². The third kappa shape index (κ3) is 4.49. The summed E-state index contributed by atoms with van der Waals surface area (Å²) >= 11 is 1.66. The Morgan fingerprint density at radius 3 is 2.72 bits per heavy atom. The van der Waals surface area contributed by atoms with E-state index in [2.05, 4.69) is 16.4 Å². The second kappa shape index (κ2) is 7.55. The predicted octanol–water partition coefficient (Wildman–Crippen LogP) is 2.15. The van der Waals surface area contributed by atoms with Crippen molar-refractivity contribution in [1.29, 1.82) is 0 Å². The summed E-state index contributed by atoms with van der Waals surface area (Å²) in [5.74, 6) is -0.103. The van der Waals surface area contributed by atoms with Crippen molar-refractivity contribution in [3.05, 3.63) is 59.1 Å². The molecule has 3 aromatic rings. The van der Waals surface area contributed by atoms with Crippen LogP contribution in [-0.4, -0.2) is 30.3 Å². The predicted molar refractivity (Wildman–Crippen MR) is 100 cm³/mol. The molecule has 0 aliphatic carbocycles. The molecule has 1 unspecified atom stereocenters. The lowest BCUT2D eigenvalue weighted by molar-refractivity contribution is -0.885. The quantitative estimate of drug-likeness (QED) is 0.667. The maximum absolute atomic E-state index is 12.2. The van der Waals surface area contributed by atoms with Crippen LogP contribution in [0.3, 0.4) is 0 Å². The number of quaternary nitrogens is 1. The number of nitrogens with one attached hydrogen (secondary N) is 2. The number of rotatable bonds is 6. The summed E-state index contributed by atoms with van der Waals surface area (Å²) in [6.07, 6.45) is 0. The molecule has 1 amide bonds. The summed E-state index contributed by atoms with van der Waals surface area (Å²) in [6, 6.07) is 15.0. The van der Waals surface area contributed by atoms with E-state index in [1.54, 1.807) is 35.6 Å². The largest absolute Gasteiger partial charge is 0.324 e. The lowest BCUT2D eigenvalue weighted by Crippen LogP contribution is -3.08. The number of amides is 1. The zero-order valence-electron chi connectivity index (χ0n) is 14.2. The van der Waals surface area contributed by atoms with E-state index in [9.17, 15) is 9.59 Å². The third-order valence-electron chi connectivity index (χ3n) is 3.81. The van der Waals surface area contributed by atoms with Crippen molar-refractivity contribution >= 4 is 38.9 Å². The molecular weight excluding hydrogens is 334 g/mol. The fraction of sp³-hybridized carbons (Fsp3) is 0.211. The molecule has 0 aliphatic rings. The average Bonchev–Trinajstić information content (AvgIpc) is 2.96. The molecule has 0 saturated heterocycles. The van der Waals surface area contributed by atoms with Crippen LogP contribution in [0.2, 0.25) is 0 Å². The van der Waals surface area contributed by atoms with E-state index in [1.165, 1.54) is 6.92 Å². The summed E-state index contributed by atoms with van der Waals surface area (Å²) in [7, 11) is 1.97. The first kappa shape index (κ1) is 17.3. The summed E-state index contributed by atoms with van der Waals surface area (Å²) in [5.41, 5.74) is 2.24. The fourth-order valence-corrected chi connectivity index (χ4v) is 3.69. The number of ketones is 1. The smallest absolute Gasteiger partial charge is 0.279 e. The monoisotopic (exact) mass is 354 g/mol. The Bertz CT molecular complexity index is 887. The molecule has 1 aromatic heterocycles. The first-order chi connectivity index (χ1) is 12.0. The molecule has 0 radical (unpaired) electrons. The number of hydrogen-bond donors (Lipinski definition) is 2. The van der Waals surface area contributed by atoms with E-state index in [0.29, 0.717) is 24.3 Å². The number of aromatic nitrogens is 1. The number of carbonyl (C=O) groups is 2. The van der Waals surface area contributed by atoms with Crippen LogP contribution in [0.25, 0.3) is 10.2 Å². The highest BCUT2D eigenvalue weighted by atomic mass is 32.1. The summed E-state index contributed by atoms with van der Waals surface area (Å²) in [5, 5.41) is 3.87. The van der Waals surface area contributed by atoms with Gasteiger partial charge in [-0.25, -0.2) is 4.98 Å². The Morgan fingerprint density at radius 1 is 1.16 bits per heavy atom. The molecule has 0 fully saturated rings. The molecule has 128 valence electrons. The number of thiazole rings is 1. The van der Waals surface area contributed by atoms with Gasteiger partial charge in [0.2, 0.25) is 0 Å². The van der Waals surface area contributed by atoms with E-state index in [0.717, 1.165) is 20.1 Å². The second-order valence-electron chi connectivity index (χ2n) is 6.07. The summed E-state index contributed by atoms with van der Waals surface area (Å²) in [6.45, 7) is 2.54. The summed E-state index contributed by atoms with van der Waals surface area (Å²) in [4.78, 5) is 29.3. The minimum Gasteiger partial charge on any atom is -0.324 e. The average molecular weight is 354 g/mol. The van der Waals surface area contributed by atoms with E-state index in [-0.39, 0.29) is 11.7 Å². The van der Waals surface area contributed by atoms with E-state index in [4.69, 9.17) is 0 Å². The zero-order valence-corrected chi connectivity index (χ0v) is 15.0. The maximum Gasteiger partial charge on any atom is 0.279 e. The number of nitrogens with zero attached hydrogens (tertiary/aromatic N) is 1. The van der Waals surface area contributed by atoms with Gasteiger partial charge in [-0.2, -0.15) is 0 Å². The topological polar surface area (TPSA) is 63.5 Å². The standard InChI is InChI=1S/C19H19N3O2S/c1-13(23)14-6-5-7-15(10-14)20-18(24)11-22(2)12-19-21-16-8-3-4-9-17(16)25-19/h3-10H,11-12H2,1-2H3,(H,20,24)/p+1. The second-order valence-corrected chi connectivity index (χ2v) is 7.19. The molecule has 2 N–H and O–H groups in total. The molecule has 6 heteroatoms. The molecule has 0 aliphatic heterocycles. The molecule has 1 atom stereocenters. The highest BCUT2D eigenvalue weighted by Crippen LogP contribution is 2.20. The number of hydrogen-bond acceptors (Lipinski definition) is 4. The zero-order chi connectivity index (χ0) is 17.8. The Morgan fingerprint density at radius 2 is 1.96 bits per heavy atom. The van der Waals surface area contributed by atoms with Crippen molar-refractivity contribution in [1.82, 2.24) is 4.98 Å². The number of likely N-dealkylation sites (N-methyl/N-ethyl adjacent to an activating group) is 1. The van der Waals surface area contributed by atoms with Crippen LogP contribution in [0.15, 0.2) is 48.5 Å². The van der Waals surface area contributed by atoms with E-state index in [1.807, 2.05) is 25.2 Å². The molecule has 5 nitrogen and oxygen atoms in total. The van der Waals surface area contributed by atoms with E-state index >= 15 is 0 Å². The van der Waals surface area contributed by atoms with Gasteiger partial charge in [0.25, 0.3) is 5.91 Å². The normalized spacial score (nSPS) is 12.1. The maximum atomic E-state index is 12.2. The third-order valence-corrected chi connectivity index (χ3v) is 4.84. The number of para-hydroxylation sites is 1. The van der Waals surface area contributed by atoms with Crippen LogP contribution in [0.4, 0.5) is 5.69 Å². The van der Waals surface area contributed by atoms with Crippen molar-refractivity contribution < 1.29 is 14.5 Å². The number of fused-ring (bicyclic) bond motifs is 1. The molecule has 0 bridgehead atoms. The van der Waals surface area contributed by atoms with E-state index < -0.39 is 0 Å². The molecule has 0 spiro atoms. The van der Waals surface area contributed by atoms with Crippen molar-refractivity contribution in [3.63, 3.8) is 0 Å². The lowest BCUT2D eigenvalue weighted by Gasteiger charge is -2.12. The van der Waals surface area contributed by atoms with Gasteiger partial charge in [-0.15, -0.1) is 11.3 Å². The van der Waals surface area contributed by atoms with Gasteiger partial charge in [-0.1, -0.05) is 24.3 Å². The Kier molecular flexibility index (Phi) is 5.21. The van der Waals surface area contributed by atoms with Gasteiger partial charge >= 0.3 is 0 Å². The van der Waals surface area contributed by atoms with Gasteiger partial charge in [-0.3, -0.25) is 9.59 Å². The van der Waals surface area contributed by atoms with Gasteiger partial charge < -0.3 is 10.2 Å². The summed E-state index contributed by atoms with van der Waals surface area (Å²) < 4.78 is 1.16. The lowest BCUT2D eigenvalue weighted by atomic mass is 10.1. The Balaban J connectivity index is 1.58. The van der Waals surface area contributed by atoms with Crippen molar-refractivity contribution in [2.24, 2.45) is 0 Å². The number of benzene rings is 2. The van der Waals surface area contributed by atoms with Gasteiger partial charge in [0, 0.05) is 11.3 Å². The van der Waals surface area contributed by atoms with Crippen molar-refractivity contribution in [2.75, 3.05) is 18.9 Å². The van der Waals surface area contributed by atoms with Gasteiger partial charge in [-0.05, 0) is 31.2 Å². The van der Waals surface area contributed by atoms with Crippen LogP contribution in [0.5, 0.6) is 0 Å². The van der Waals surface area contributed by atoms with Crippen LogP contribution >= 0.6 is 11.3 Å². The molecule has 0 saturated carbocycles. The van der Waals surface area contributed by atoms with Crippen LogP contribution < -0.4 is 10.2 Å². The highest BCUT2D eigenvalue weighted by molar-refractivity contribution is 7.18. The minimum atomic E-state index is -0.0840.